The molecule has 120 valence electrons. The van der Waals surface area contributed by atoms with Crippen LogP contribution < -0.4 is 9.80 Å². The highest BCUT2D eigenvalue weighted by molar-refractivity contribution is 9.10. The average Bonchev–Trinajstić information content (AvgIpc) is 2.85. The van der Waals surface area contributed by atoms with E-state index in [1.165, 1.54) is 33.6 Å². The Morgan fingerprint density at radius 2 is 1.00 bits per heavy atom. The summed E-state index contributed by atoms with van der Waals surface area (Å²) in [6.45, 7) is 14.1. The molecule has 0 aliphatic carbocycles. The van der Waals surface area contributed by atoms with Gasteiger partial charge >= 0.3 is 0 Å². The van der Waals surface area contributed by atoms with E-state index in [9.17, 15) is 0 Å². The van der Waals surface area contributed by atoms with Crippen molar-refractivity contribution in [2.75, 3.05) is 22.9 Å². The first-order chi connectivity index (χ1) is 10.9. The molecule has 1 fully saturated rings. The fraction of sp³-hybridized carbons (Fsp3) is 0.316. The number of rotatable bonds is 2. The van der Waals surface area contributed by atoms with Crippen molar-refractivity contribution < 1.29 is 0 Å². The molecule has 1 aliphatic rings. The molecule has 0 amide bonds. The first-order valence-corrected chi connectivity index (χ1v) is 9.30. The molecule has 2 radical (unpaired) electrons. The van der Waals surface area contributed by atoms with Crippen molar-refractivity contribution in [3.63, 3.8) is 0 Å². The summed E-state index contributed by atoms with van der Waals surface area (Å²) in [4.78, 5) is 4.50. The quantitative estimate of drug-likeness (QED) is 0.590. The summed E-state index contributed by atoms with van der Waals surface area (Å²) in [5, 5.41) is 0. The molecule has 1 heterocycles. The number of anilines is 2. The van der Waals surface area contributed by atoms with Crippen molar-refractivity contribution in [3.8, 4) is 0 Å². The van der Waals surface area contributed by atoms with E-state index >= 15 is 0 Å². The van der Waals surface area contributed by atoms with E-state index in [1.54, 1.807) is 0 Å². The normalized spacial score (nSPS) is 14.7. The molecular formula is C19H20Br2N2. The Balaban J connectivity index is 1.91. The zero-order valence-corrected chi connectivity index (χ0v) is 17.0. The summed E-state index contributed by atoms with van der Waals surface area (Å²) in [7, 11) is 0. The standard InChI is InChI=1S/C19H20Br2N2/c1-12-7-16(20)8-13(2)18(12)22-5-6-23(11-22)19-14(3)9-17(21)10-15(19)4/h7-10H,5-6H2,1-4H3. The lowest BCUT2D eigenvalue weighted by molar-refractivity contribution is 1.01. The highest BCUT2D eigenvalue weighted by atomic mass is 79.9. The Hall–Kier alpha value is -1.000. The van der Waals surface area contributed by atoms with E-state index in [4.69, 9.17) is 0 Å². The second-order valence-electron chi connectivity index (χ2n) is 6.18. The lowest BCUT2D eigenvalue weighted by atomic mass is 10.1. The van der Waals surface area contributed by atoms with Crippen LogP contribution in [0.1, 0.15) is 22.3 Å². The van der Waals surface area contributed by atoms with Crippen LogP contribution in [0.3, 0.4) is 0 Å². The van der Waals surface area contributed by atoms with Gasteiger partial charge < -0.3 is 9.80 Å². The van der Waals surface area contributed by atoms with Crippen LogP contribution in [0.4, 0.5) is 11.4 Å². The number of benzene rings is 2. The smallest absolute Gasteiger partial charge is 0.208 e. The minimum absolute atomic E-state index is 0.957. The fourth-order valence-electron chi connectivity index (χ4n) is 3.43. The largest absolute Gasteiger partial charge is 0.339 e. The van der Waals surface area contributed by atoms with Gasteiger partial charge in [0.15, 0.2) is 0 Å². The highest BCUT2D eigenvalue weighted by Crippen LogP contribution is 2.36. The highest BCUT2D eigenvalue weighted by Gasteiger charge is 2.27. The Kier molecular flexibility index (Phi) is 4.75. The molecule has 3 rings (SSSR count). The number of hydrogen-bond donors (Lipinski definition) is 0. The van der Waals surface area contributed by atoms with Crippen LogP contribution in [0.2, 0.25) is 0 Å². The van der Waals surface area contributed by atoms with Crippen LogP contribution in [0, 0.1) is 34.4 Å². The van der Waals surface area contributed by atoms with Gasteiger partial charge in [-0.2, -0.15) is 0 Å². The van der Waals surface area contributed by atoms with Crippen LogP contribution in [-0.2, 0) is 0 Å². The van der Waals surface area contributed by atoms with Crippen molar-refractivity contribution in [1.29, 1.82) is 0 Å². The van der Waals surface area contributed by atoms with Crippen LogP contribution in [0.5, 0.6) is 0 Å². The molecule has 0 aromatic heterocycles. The molecule has 0 saturated carbocycles. The molecule has 0 atom stereocenters. The van der Waals surface area contributed by atoms with E-state index in [0.717, 1.165) is 22.0 Å². The second kappa shape index (κ2) is 6.48. The first-order valence-electron chi connectivity index (χ1n) is 7.71. The van der Waals surface area contributed by atoms with Crippen molar-refractivity contribution >= 4 is 43.2 Å². The second-order valence-corrected chi connectivity index (χ2v) is 8.01. The summed E-state index contributed by atoms with van der Waals surface area (Å²) in [5.41, 5.74) is 7.63. The lowest BCUT2D eigenvalue weighted by Crippen LogP contribution is -2.21. The molecule has 0 spiro atoms. The van der Waals surface area contributed by atoms with Crippen molar-refractivity contribution in [2.45, 2.75) is 27.7 Å². The Morgan fingerprint density at radius 3 is 1.30 bits per heavy atom. The van der Waals surface area contributed by atoms with Crippen molar-refractivity contribution in [3.05, 3.63) is 62.1 Å². The number of halogens is 2. The van der Waals surface area contributed by atoms with Gasteiger partial charge in [-0.1, -0.05) is 31.9 Å². The summed E-state index contributed by atoms with van der Waals surface area (Å²) in [6.07, 6.45) is 0. The third-order valence-electron chi connectivity index (χ3n) is 4.24. The van der Waals surface area contributed by atoms with Crippen LogP contribution in [0.25, 0.3) is 0 Å². The number of aryl methyl sites for hydroxylation is 4. The fourth-order valence-corrected chi connectivity index (χ4v) is 4.80. The van der Waals surface area contributed by atoms with Gasteiger partial charge in [0, 0.05) is 33.4 Å². The third-order valence-corrected chi connectivity index (χ3v) is 5.16. The predicted octanol–water partition coefficient (Wildman–Crippen LogP) is 5.77. The Labute approximate surface area is 155 Å². The topological polar surface area (TPSA) is 6.48 Å². The number of nitrogens with zero attached hydrogens (tertiary/aromatic N) is 2. The van der Waals surface area contributed by atoms with Gasteiger partial charge in [0.25, 0.3) is 0 Å². The zero-order valence-electron chi connectivity index (χ0n) is 13.9. The van der Waals surface area contributed by atoms with Gasteiger partial charge in [0.2, 0.25) is 6.67 Å². The third kappa shape index (κ3) is 3.29. The monoisotopic (exact) mass is 434 g/mol. The molecule has 2 aromatic rings. The molecule has 0 unspecified atom stereocenters. The molecule has 0 bridgehead atoms. The predicted molar refractivity (Wildman–Crippen MR) is 105 cm³/mol. The minimum atomic E-state index is 0.957. The molecule has 0 N–H and O–H groups in total. The van der Waals surface area contributed by atoms with E-state index in [2.05, 4.69) is 100 Å². The molecule has 2 aromatic carbocycles. The maximum atomic E-state index is 3.58. The van der Waals surface area contributed by atoms with E-state index in [-0.39, 0.29) is 0 Å². The van der Waals surface area contributed by atoms with E-state index in [1.807, 2.05) is 0 Å². The van der Waals surface area contributed by atoms with Crippen molar-refractivity contribution in [2.24, 2.45) is 0 Å². The molecule has 4 heteroatoms. The molecule has 2 nitrogen and oxygen atoms in total. The maximum Gasteiger partial charge on any atom is 0.208 e. The van der Waals surface area contributed by atoms with Gasteiger partial charge in [-0.25, -0.2) is 0 Å². The number of hydrogen-bond acceptors (Lipinski definition) is 2. The van der Waals surface area contributed by atoms with Gasteiger partial charge in [-0.05, 0) is 74.2 Å². The zero-order chi connectivity index (χ0) is 16.7. The molecule has 1 aliphatic heterocycles. The summed E-state index contributed by atoms with van der Waals surface area (Å²) in [5.74, 6) is 0. The summed E-state index contributed by atoms with van der Waals surface area (Å²) < 4.78 is 2.26. The summed E-state index contributed by atoms with van der Waals surface area (Å²) >= 11 is 7.15. The molecular weight excluding hydrogens is 416 g/mol. The maximum absolute atomic E-state index is 3.58. The van der Waals surface area contributed by atoms with Crippen LogP contribution in [0.15, 0.2) is 33.2 Å². The Bertz CT molecular complexity index is 646. The Morgan fingerprint density at radius 1 is 0.696 bits per heavy atom. The van der Waals surface area contributed by atoms with Gasteiger partial charge in [0.05, 0.1) is 0 Å². The van der Waals surface area contributed by atoms with Gasteiger partial charge in [-0.3, -0.25) is 0 Å². The van der Waals surface area contributed by atoms with E-state index in [0.29, 0.717) is 0 Å². The van der Waals surface area contributed by atoms with Gasteiger partial charge in [0.1, 0.15) is 0 Å². The molecule has 23 heavy (non-hydrogen) atoms. The van der Waals surface area contributed by atoms with Gasteiger partial charge in [-0.15, -0.1) is 0 Å². The average molecular weight is 436 g/mol. The minimum Gasteiger partial charge on any atom is -0.339 e. The van der Waals surface area contributed by atoms with Crippen molar-refractivity contribution in [1.82, 2.24) is 0 Å². The van der Waals surface area contributed by atoms with Crippen LogP contribution >= 0.6 is 31.9 Å². The lowest BCUT2D eigenvalue weighted by Gasteiger charge is -2.24. The van der Waals surface area contributed by atoms with E-state index < -0.39 is 0 Å². The summed E-state index contributed by atoms with van der Waals surface area (Å²) in [6, 6.07) is 8.68. The first kappa shape index (κ1) is 16.8. The van der Waals surface area contributed by atoms with Crippen LogP contribution in [-0.4, -0.2) is 13.1 Å². The SMILES string of the molecule is Cc1cc(Br)cc(C)c1N1[C]N(c2c(C)cc(Br)cc2C)CC1. The molecule has 1 saturated heterocycles.